The summed E-state index contributed by atoms with van der Waals surface area (Å²) in [5.74, 6) is 0. The fourth-order valence-corrected chi connectivity index (χ4v) is 7.13. The van der Waals surface area contributed by atoms with Gasteiger partial charge in [-0.15, -0.1) is 6.58 Å². The number of halogens is 4. The molecule has 1 spiro atoms. The zero-order valence-corrected chi connectivity index (χ0v) is 18.2. The SMILES string of the molecule is C=CCC1N(S(=O)(=O)c2ccccc2Cl)c2ccc(C(F)(F)F)cc2C12CCNCC2. The number of rotatable bonds is 4. The first-order valence-electron chi connectivity index (χ1n) is 9.95. The molecule has 1 atom stereocenters. The summed E-state index contributed by atoms with van der Waals surface area (Å²) >= 11 is 6.22. The molecule has 166 valence electrons. The molecule has 0 amide bonds. The van der Waals surface area contributed by atoms with E-state index in [9.17, 15) is 21.6 Å². The van der Waals surface area contributed by atoms with E-state index in [4.69, 9.17) is 11.6 Å². The van der Waals surface area contributed by atoms with Gasteiger partial charge in [0.1, 0.15) is 4.90 Å². The first-order chi connectivity index (χ1) is 14.6. The zero-order chi connectivity index (χ0) is 22.4. The van der Waals surface area contributed by atoms with Crippen LogP contribution in [0, 0.1) is 0 Å². The smallest absolute Gasteiger partial charge is 0.317 e. The molecule has 0 saturated carbocycles. The third-order valence-electron chi connectivity index (χ3n) is 6.28. The molecule has 2 aromatic carbocycles. The van der Waals surface area contributed by atoms with Gasteiger partial charge in [0.05, 0.1) is 22.3 Å². The number of hydrogen-bond donors (Lipinski definition) is 1. The van der Waals surface area contributed by atoms with Crippen molar-refractivity contribution in [2.45, 2.75) is 41.8 Å². The highest BCUT2D eigenvalue weighted by atomic mass is 35.5. The van der Waals surface area contributed by atoms with Crippen molar-refractivity contribution in [3.05, 3.63) is 71.3 Å². The van der Waals surface area contributed by atoms with Crippen molar-refractivity contribution in [3.63, 3.8) is 0 Å². The number of sulfonamides is 1. The van der Waals surface area contributed by atoms with Gasteiger partial charge in [0.15, 0.2) is 0 Å². The van der Waals surface area contributed by atoms with Gasteiger partial charge < -0.3 is 5.32 Å². The van der Waals surface area contributed by atoms with Crippen LogP contribution in [0.3, 0.4) is 0 Å². The molecule has 0 radical (unpaired) electrons. The molecule has 1 fully saturated rings. The van der Waals surface area contributed by atoms with E-state index in [0.717, 1.165) is 12.1 Å². The standard InChI is InChI=1S/C22H22ClF3N2O2S/c1-2-5-20-21(10-12-27-13-11-21)16-14-15(22(24,25)26)8-9-18(16)28(20)31(29,30)19-7-4-3-6-17(19)23/h2-4,6-9,14,20,27H,1,5,10-13H2. The largest absolute Gasteiger partial charge is 0.416 e. The summed E-state index contributed by atoms with van der Waals surface area (Å²) in [4.78, 5) is -0.0671. The van der Waals surface area contributed by atoms with Gasteiger partial charge in [0.2, 0.25) is 0 Å². The van der Waals surface area contributed by atoms with Crippen molar-refractivity contribution in [2.24, 2.45) is 0 Å². The van der Waals surface area contributed by atoms with Crippen LogP contribution in [0.5, 0.6) is 0 Å². The number of nitrogens with zero attached hydrogens (tertiary/aromatic N) is 1. The van der Waals surface area contributed by atoms with Crippen molar-refractivity contribution in [3.8, 4) is 0 Å². The molecule has 2 heterocycles. The van der Waals surface area contributed by atoms with Crippen molar-refractivity contribution in [1.29, 1.82) is 0 Å². The summed E-state index contributed by atoms with van der Waals surface area (Å²) in [5.41, 5.74) is -0.823. The normalized spacial score (nSPS) is 20.6. The van der Waals surface area contributed by atoms with Gasteiger partial charge in [-0.05, 0) is 68.2 Å². The van der Waals surface area contributed by atoms with Crippen molar-refractivity contribution in [1.82, 2.24) is 5.32 Å². The fourth-order valence-electron chi connectivity index (χ4n) is 4.89. The topological polar surface area (TPSA) is 49.4 Å². The third kappa shape index (κ3) is 3.54. The van der Waals surface area contributed by atoms with Crippen LogP contribution < -0.4 is 9.62 Å². The Morgan fingerprint density at radius 3 is 2.48 bits per heavy atom. The number of anilines is 1. The summed E-state index contributed by atoms with van der Waals surface area (Å²) < 4.78 is 69.4. The molecule has 1 unspecified atom stereocenters. The van der Waals surface area contributed by atoms with Crippen molar-refractivity contribution in [2.75, 3.05) is 17.4 Å². The van der Waals surface area contributed by atoms with Crippen LogP contribution in [-0.4, -0.2) is 27.5 Å². The Hall–Kier alpha value is -2.03. The first kappa shape index (κ1) is 22.2. The minimum Gasteiger partial charge on any atom is -0.317 e. The predicted molar refractivity (Wildman–Crippen MR) is 115 cm³/mol. The zero-order valence-electron chi connectivity index (χ0n) is 16.6. The van der Waals surface area contributed by atoms with Gasteiger partial charge in [-0.1, -0.05) is 29.8 Å². The highest BCUT2D eigenvalue weighted by Gasteiger charge is 2.55. The van der Waals surface area contributed by atoms with Crippen LogP contribution in [0.4, 0.5) is 18.9 Å². The molecule has 1 N–H and O–H groups in total. The highest BCUT2D eigenvalue weighted by Crippen LogP contribution is 2.54. The Balaban J connectivity index is 1.98. The molecule has 9 heteroatoms. The number of benzene rings is 2. The summed E-state index contributed by atoms with van der Waals surface area (Å²) in [6.07, 6.45) is -1.55. The Kier molecular flexibility index (Phi) is 5.60. The molecule has 0 aromatic heterocycles. The molecule has 2 aromatic rings. The Morgan fingerprint density at radius 2 is 1.87 bits per heavy atom. The van der Waals surface area contributed by atoms with E-state index in [1.54, 1.807) is 18.2 Å². The summed E-state index contributed by atoms with van der Waals surface area (Å²) in [5, 5.41) is 3.30. The molecular weight excluding hydrogens is 449 g/mol. The lowest BCUT2D eigenvalue weighted by Crippen LogP contribution is -2.51. The Bertz CT molecular complexity index is 1110. The second kappa shape index (κ2) is 7.83. The molecule has 4 nitrogen and oxygen atoms in total. The van der Waals surface area contributed by atoms with Crippen LogP contribution in [0.2, 0.25) is 5.02 Å². The number of fused-ring (bicyclic) bond motifs is 2. The van der Waals surface area contributed by atoms with E-state index in [2.05, 4.69) is 11.9 Å². The lowest BCUT2D eigenvalue weighted by atomic mass is 9.69. The van der Waals surface area contributed by atoms with Gasteiger partial charge >= 0.3 is 6.18 Å². The average Bonchev–Trinajstić information content (AvgIpc) is 2.98. The second-order valence-corrected chi connectivity index (χ2v) is 10.1. The first-order valence-corrected chi connectivity index (χ1v) is 11.8. The van der Waals surface area contributed by atoms with Gasteiger partial charge in [0.25, 0.3) is 10.0 Å². The van der Waals surface area contributed by atoms with E-state index in [0.29, 0.717) is 37.9 Å². The minimum absolute atomic E-state index is 0.0671. The third-order valence-corrected chi connectivity index (χ3v) is 8.60. The van der Waals surface area contributed by atoms with Crippen molar-refractivity contribution < 1.29 is 21.6 Å². The van der Waals surface area contributed by atoms with E-state index in [1.807, 2.05) is 0 Å². The van der Waals surface area contributed by atoms with E-state index >= 15 is 0 Å². The Labute approximate surface area is 184 Å². The number of hydrogen-bond acceptors (Lipinski definition) is 3. The highest BCUT2D eigenvalue weighted by molar-refractivity contribution is 7.93. The van der Waals surface area contributed by atoms with Crippen LogP contribution in [0.15, 0.2) is 60.0 Å². The van der Waals surface area contributed by atoms with Gasteiger partial charge in [-0.25, -0.2) is 8.42 Å². The maximum absolute atomic E-state index is 13.8. The van der Waals surface area contributed by atoms with E-state index in [-0.39, 0.29) is 15.6 Å². The maximum atomic E-state index is 13.8. The molecule has 0 aliphatic carbocycles. The second-order valence-electron chi connectivity index (χ2n) is 7.91. The molecular formula is C22H22ClF3N2O2S. The quantitative estimate of drug-likeness (QED) is 0.630. The minimum atomic E-state index is -4.52. The molecule has 2 aliphatic rings. The molecule has 0 bridgehead atoms. The van der Waals surface area contributed by atoms with Crippen LogP contribution in [0.1, 0.15) is 30.4 Å². The van der Waals surface area contributed by atoms with Gasteiger partial charge in [-0.3, -0.25) is 4.31 Å². The lowest BCUT2D eigenvalue weighted by molar-refractivity contribution is -0.137. The van der Waals surface area contributed by atoms with Gasteiger partial charge in [-0.2, -0.15) is 13.2 Å². The van der Waals surface area contributed by atoms with E-state index < -0.39 is 33.2 Å². The summed E-state index contributed by atoms with van der Waals surface area (Å²) in [7, 11) is -4.13. The monoisotopic (exact) mass is 470 g/mol. The Morgan fingerprint density at radius 1 is 1.19 bits per heavy atom. The number of piperidine rings is 1. The van der Waals surface area contributed by atoms with Crippen molar-refractivity contribution >= 4 is 27.3 Å². The predicted octanol–water partition coefficient (Wildman–Crippen LogP) is 5.13. The number of nitrogens with one attached hydrogen (secondary N) is 1. The lowest BCUT2D eigenvalue weighted by Gasteiger charge is -2.41. The average molecular weight is 471 g/mol. The van der Waals surface area contributed by atoms with E-state index in [1.165, 1.54) is 22.5 Å². The molecule has 31 heavy (non-hydrogen) atoms. The van der Waals surface area contributed by atoms with Crippen LogP contribution >= 0.6 is 11.6 Å². The van der Waals surface area contributed by atoms with Crippen LogP contribution in [0.25, 0.3) is 0 Å². The molecule has 2 aliphatic heterocycles. The van der Waals surface area contributed by atoms with Crippen LogP contribution in [-0.2, 0) is 21.6 Å². The van der Waals surface area contributed by atoms with Gasteiger partial charge in [0, 0.05) is 5.41 Å². The summed E-state index contributed by atoms with van der Waals surface area (Å²) in [6.45, 7) is 4.96. The summed E-state index contributed by atoms with van der Waals surface area (Å²) in [6, 6.07) is 8.86. The number of alkyl halides is 3. The maximum Gasteiger partial charge on any atom is 0.416 e. The molecule has 1 saturated heterocycles. The fraction of sp³-hybridized carbons (Fsp3) is 0.364. The molecule has 4 rings (SSSR count).